The summed E-state index contributed by atoms with van der Waals surface area (Å²) in [6, 6.07) is 18.8. The van der Waals surface area contributed by atoms with Crippen LogP contribution in [-0.4, -0.2) is 228 Å². The molecule has 4 saturated heterocycles. The number of alkyl carbamates (subject to hydrolysis) is 2. The van der Waals surface area contributed by atoms with Crippen molar-refractivity contribution in [2.75, 3.05) is 39.5 Å². The van der Waals surface area contributed by atoms with Gasteiger partial charge < -0.3 is 113 Å². The molecule has 20 atom stereocenters. The van der Waals surface area contributed by atoms with E-state index in [9.17, 15) is 64.5 Å². The van der Waals surface area contributed by atoms with E-state index in [1.54, 1.807) is 0 Å². The van der Waals surface area contributed by atoms with Crippen LogP contribution in [0, 0.1) is 5.92 Å². The molecule has 29 nitrogen and oxygen atoms in total. The van der Waals surface area contributed by atoms with Crippen molar-refractivity contribution < 1.29 is 131 Å². The second-order valence-corrected chi connectivity index (χ2v) is 22.7. The standard InChI is InChI=1S/C37H55NO14.C26H41NO13/c1-8-28-22(3)30(46-23(4)39)33(48-25(6)41)36(50-28)52-31-29(9-2)51-35(34(49-26(7)42)32(31)47-24(5)40)44-20-16-11-10-15-19-38-37(43)45-21-27-17-13-12-14-18-27;28-12-16-18(30)19(31)21(33)25(38-16)40-23-17(13-29)39-24(22(34)20(23)32)36-11-7-2-1-6-10-27-26(35)37-14-15-8-4-3-5-9-15/h12-14,17-18,22,28-36H,8-11,15-16,19-21H2,1-7H3,(H,38,43);3-5,8-9,16-25,28-34H,1-2,6-7,10-14H2,(H,27,35). The number of esters is 4. The second kappa shape index (κ2) is 40.5. The predicted octanol–water partition coefficient (Wildman–Crippen LogP) is 2.62. The molecule has 9 N–H and O–H groups in total. The van der Waals surface area contributed by atoms with Gasteiger partial charge in [-0.2, -0.15) is 0 Å². The van der Waals surface area contributed by atoms with E-state index in [0.717, 1.165) is 49.7 Å². The van der Waals surface area contributed by atoms with Gasteiger partial charge in [0, 0.05) is 59.9 Å². The van der Waals surface area contributed by atoms with Crippen molar-refractivity contribution in [2.24, 2.45) is 5.92 Å². The molecule has 0 spiro atoms. The lowest BCUT2D eigenvalue weighted by atomic mass is 9.88. The average molecular weight is 1310 g/mol. The Hall–Kier alpha value is -5.74. The third-order valence-corrected chi connectivity index (χ3v) is 15.5. The predicted molar refractivity (Wildman–Crippen MR) is 319 cm³/mol. The molecule has 4 fully saturated rings. The van der Waals surface area contributed by atoms with Crippen LogP contribution in [0.25, 0.3) is 0 Å². The zero-order valence-electron chi connectivity index (χ0n) is 53.3. The van der Waals surface area contributed by atoms with Crippen LogP contribution in [-0.2, 0) is 98.7 Å². The minimum atomic E-state index is -1.73. The van der Waals surface area contributed by atoms with E-state index in [-0.39, 0.29) is 32.3 Å². The third-order valence-electron chi connectivity index (χ3n) is 15.5. The van der Waals surface area contributed by atoms with E-state index in [1.165, 1.54) is 27.7 Å². The molecule has 4 heterocycles. The number of ether oxygens (including phenoxy) is 14. The summed E-state index contributed by atoms with van der Waals surface area (Å²) < 4.78 is 80.0. The van der Waals surface area contributed by atoms with Gasteiger partial charge >= 0.3 is 36.1 Å². The molecule has 4 aliphatic rings. The Balaban J connectivity index is 0.000000345. The van der Waals surface area contributed by atoms with Crippen molar-refractivity contribution in [3.8, 4) is 0 Å². The average Bonchev–Trinajstić information content (AvgIpc) is 0.796. The first-order valence-corrected chi connectivity index (χ1v) is 31.5. The van der Waals surface area contributed by atoms with Crippen LogP contribution in [0.3, 0.4) is 0 Å². The monoisotopic (exact) mass is 1310 g/mol. The maximum Gasteiger partial charge on any atom is 0.407 e. The molecule has 0 aliphatic carbocycles. The molecule has 2 amide bonds. The van der Waals surface area contributed by atoms with Gasteiger partial charge in [0.05, 0.1) is 25.4 Å². The number of carbonyl (C=O) groups is 6. The van der Waals surface area contributed by atoms with Crippen LogP contribution in [0.4, 0.5) is 9.59 Å². The fraction of sp³-hybridized carbons (Fsp3) is 0.714. The van der Waals surface area contributed by atoms with Gasteiger partial charge in [0.15, 0.2) is 43.5 Å². The minimum absolute atomic E-state index is 0.192. The van der Waals surface area contributed by atoms with Gasteiger partial charge in [-0.15, -0.1) is 0 Å². The summed E-state index contributed by atoms with van der Waals surface area (Å²) in [5, 5.41) is 75.7. The molecule has 20 unspecified atom stereocenters. The molecule has 2 aromatic carbocycles. The molecule has 520 valence electrons. The highest BCUT2D eigenvalue weighted by atomic mass is 16.8. The van der Waals surface area contributed by atoms with Crippen LogP contribution < -0.4 is 10.6 Å². The lowest BCUT2D eigenvalue weighted by Gasteiger charge is -2.49. The van der Waals surface area contributed by atoms with Crippen molar-refractivity contribution in [2.45, 2.75) is 243 Å². The minimum Gasteiger partial charge on any atom is -0.458 e. The van der Waals surface area contributed by atoms with Gasteiger partial charge in [-0.25, -0.2) is 9.59 Å². The Morgan fingerprint density at radius 2 is 0.837 bits per heavy atom. The van der Waals surface area contributed by atoms with Crippen LogP contribution >= 0.6 is 0 Å². The van der Waals surface area contributed by atoms with Crippen molar-refractivity contribution >= 4 is 36.1 Å². The van der Waals surface area contributed by atoms with E-state index < -0.39 is 166 Å². The molecule has 92 heavy (non-hydrogen) atoms. The Kier molecular flexibility index (Phi) is 33.9. The summed E-state index contributed by atoms with van der Waals surface area (Å²) >= 11 is 0. The zero-order valence-corrected chi connectivity index (χ0v) is 53.3. The fourth-order valence-electron chi connectivity index (χ4n) is 10.8. The molecule has 0 aromatic heterocycles. The molecule has 0 saturated carbocycles. The van der Waals surface area contributed by atoms with Crippen LogP contribution in [0.1, 0.15) is 124 Å². The first-order valence-electron chi connectivity index (χ1n) is 31.5. The summed E-state index contributed by atoms with van der Waals surface area (Å²) in [4.78, 5) is 72.8. The summed E-state index contributed by atoms with van der Waals surface area (Å²) in [7, 11) is 0. The molecule has 0 bridgehead atoms. The van der Waals surface area contributed by atoms with Crippen LogP contribution in [0.15, 0.2) is 60.7 Å². The number of carbonyl (C=O) groups excluding carboxylic acids is 6. The van der Waals surface area contributed by atoms with Crippen LogP contribution in [0.2, 0.25) is 0 Å². The highest BCUT2D eigenvalue weighted by Crippen LogP contribution is 2.38. The maximum absolute atomic E-state index is 12.4. The Labute approximate surface area is 535 Å². The maximum atomic E-state index is 12.4. The summed E-state index contributed by atoms with van der Waals surface area (Å²) in [6.45, 7) is 10.9. The number of amides is 2. The molecule has 2 aromatic rings. The van der Waals surface area contributed by atoms with E-state index in [0.29, 0.717) is 38.8 Å². The fourth-order valence-corrected chi connectivity index (χ4v) is 10.8. The number of aliphatic hydroxyl groups is 7. The second-order valence-electron chi connectivity index (χ2n) is 22.7. The molecule has 6 rings (SSSR count). The Bertz CT molecular complexity index is 2480. The highest BCUT2D eigenvalue weighted by Gasteiger charge is 2.56. The highest BCUT2D eigenvalue weighted by molar-refractivity contribution is 5.69. The molecular weight excluding hydrogens is 1220 g/mol. The first-order chi connectivity index (χ1) is 44.1. The number of rotatable bonds is 32. The molecule has 0 radical (unpaired) electrons. The lowest BCUT2D eigenvalue weighted by Crippen LogP contribution is -2.64. The zero-order chi connectivity index (χ0) is 67.3. The largest absolute Gasteiger partial charge is 0.458 e. The normalized spacial score (nSPS) is 31.1. The number of aliphatic hydroxyl groups excluding tert-OH is 7. The quantitative estimate of drug-likeness (QED) is 0.0289. The van der Waals surface area contributed by atoms with Crippen molar-refractivity contribution in [3.05, 3.63) is 71.8 Å². The molecule has 4 aliphatic heterocycles. The van der Waals surface area contributed by atoms with Gasteiger partial charge in [0.25, 0.3) is 0 Å². The van der Waals surface area contributed by atoms with E-state index in [2.05, 4.69) is 10.6 Å². The number of nitrogens with one attached hydrogen (secondary N) is 2. The third kappa shape index (κ3) is 24.5. The molecular formula is C63H96N2O27. The van der Waals surface area contributed by atoms with Gasteiger partial charge in [-0.05, 0) is 49.7 Å². The summed E-state index contributed by atoms with van der Waals surface area (Å²) in [5.41, 5.74) is 1.81. The van der Waals surface area contributed by atoms with Gasteiger partial charge in [0.1, 0.15) is 74.3 Å². The number of hydrogen-bond donors (Lipinski definition) is 9. The number of benzene rings is 2. The SMILES string of the molecule is CCC1OC(OC2C(CC)OC(OCCCCCCNC(=O)OCc3ccccc3)C(OC(C)=O)C2OC(C)=O)C(OC(C)=O)C(OC(C)=O)C1C.O=C(NCCCCCCOC1OC(CO)C(OC2OC(CO)C(O)C(O)C2O)C(O)C1O)OCc1ccccc1. The molecule has 29 heteroatoms. The van der Waals surface area contributed by atoms with Crippen molar-refractivity contribution in [3.63, 3.8) is 0 Å². The van der Waals surface area contributed by atoms with Gasteiger partial charge in [-0.3, -0.25) is 19.2 Å². The summed E-state index contributed by atoms with van der Waals surface area (Å²) in [6.07, 6.45) is -18.2. The van der Waals surface area contributed by atoms with Crippen LogP contribution in [0.5, 0.6) is 0 Å². The van der Waals surface area contributed by atoms with Gasteiger partial charge in [0.2, 0.25) is 0 Å². The van der Waals surface area contributed by atoms with Crippen molar-refractivity contribution in [1.29, 1.82) is 0 Å². The lowest BCUT2D eigenvalue weighted by molar-refractivity contribution is -0.359. The van der Waals surface area contributed by atoms with E-state index in [4.69, 9.17) is 66.3 Å². The Morgan fingerprint density at radius 3 is 1.33 bits per heavy atom. The van der Waals surface area contributed by atoms with E-state index >= 15 is 0 Å². The number of unbranched alkanes of at least 4 members (excludes halogenated alkanes) is 6. The topological polar surface area (TPSA) is 397 Å². The summed E-state index contributed by atoms with van der Waals surface area (Å²) in [5.74, 6) is -2.89. The Morgan fingerprint density at radius 1 is 0.424 bits per heavy atom. The van der Waals surface area contributed by atoms with E-state index in [1.807, 2.05) is 81.4 Å². The van der Waals surface area contributed by atoms with Gasteiger partial charge in [-0.1, -0.05) is 107 Å². The number of hydrogen-bond acceptors (Lipinski definition) is 27. The van der Waals surface area contributed by atoms with Crippen molar-refractivity contribution in [1.82, 2.24) is 10.6 Å². The smallest absolute Gasteiger partial charge is 0.407 e. The first kappa shape index (κ1) is 77.0.